The Hall–Kier alpha value is -0.260. The van der Waals surface area contributed by atoms with Crippen LogP contribution in [0.25, 0.3) is 0 Å². The second kappa shape index (κ2) is 2.70. The van der Waals surface area contributed by atoms with Gasteiger partial charge >= 0.3 is 0 Å². The van der Waals surface area contributed by atoms with E-state index in [2.05, 4.69) is 33.8 Å². The van der Waals surface area contributed by atoms with Crippen molar-refractivity contribution in [3.63, 3.8) is 0 Å². The maximum absolute atomic E-state index is 2.59. The van der Waals surface area contributed by atoms with Gasteiger partial charge in [0.15, 0.2) is 0 Å². The molecule has 84 valence electrons. The molecule has 15 heavy (non-hydrogen) atoms. The van der Waals surface area contributed by atoms with E-state index in [0.717, 1.165) is 17.8 Å². The van der Waals surface area contributed by atoms with Crippen LogP contribution in [0.2, 0.25) is 0 Å². The van der Waals surface area contributed by atoms with Gasteiger partial charge in [-0.3, -0.25) is 0 Å². The molecule has 0 aromatic rings. The molecule has 0 amide bonds. The molecule has 0 N–H and O–H groups in total. The monoisotopic (exact) mass is 204 g/mol. The average Bonchev–Trinajstić information content (AvgIpc) is 2.75. The molecule has 0 unspecified atom stereocenters. The first kappa shape index (κ1) is 9.93. The third-order valence-corrected chi connectivity index (χ3v) is 6.30. The lowest BCUT2D eigenvalue weighted by Crippen LogP contribution is -2.41. The van der Waals surface area contributed by atoms with Crippen LogP contribution in [0.1, 0.15) is 53.4 Å². The number of rotatable bonds is 1. The van der Waals surface area contributed by atoms with Crippen LogP contribution in [0.4, 0.5) is 0 Å². The largest absolute Gasteiger partial charge is 0.0839 e. The first-order valence-electron chi connectivity index (χ1n) is 6.70. The molecule has 3 aliphatic rings. The van der Waals surface area contributed by atoms with Crippen molar-refractivity contribution in [2.24, 2.45) is 28.6 Å². The fourth-order valence-corrected chi connectivity index (χ4v) is 5.29. The lowest BCUT2D eigenvalue weighted by Gasteiger charge is -2.48. The molecule has 0 nitrogen and oxygen atoms in total. The van der Waals surface area contributed by atoms with Crippen LogP contribution < -0.4 is 0 Å². The van der Waals surface area contributed by atoms with Crippen molar-refractivity contribution in [1.29, 1.82) is 0 Å². The highest BCUT2D eigenvalue weighted by Crippen LogP contribution is 2.73. The first-order chi connectivity index (χ1) is 7.00. The van der Waals surface area contributed by atoms with E-state index in [0.29, 0.717) is 10.8 Å². The third kappa shape index (κ3) is 0.905. The van der Waals surface area contributed by atoms with E-state index >= 15 is 0 Å². The summed E-state index contributed by atoms with van der Waals surface area (Å²) in [4.78, 5) is 0. The van der Waals surface area contributed by atoms with E-state index in [1.165, 1.54) is 25.7 Å². The molecule has 3 rings (SSSR count). The van der Waals surface area contributed by atoms with Gasteiger partial charge in [0.05, 0.1) is 0 Å². The molecule has 0 aromatic heterocycles. The summed E-state index contributed by atoms with van der Waals surface area (Å²) < 4.78 is 0. The van der Waals surface area contributed by atoms with Crippen LogP contribution in [-0.2, 0) is 0 Å². The molecule has 3 aliphatic carbocycles. The summed E-state index contributed by atoms with van der Waals surface area (Å²) in [6.45, 7) is 9.92. The molecule has 0 aromatic carbocycles. The minimum atomic E-state index is 0.560. The molecule has 2 fully saturated rings. The maximum Gasteiger partial charge on any atom is -0.00261 e. The molecule has 2 bridgehead atoms. The first-order valence-corrected chi connectivity index (χ1v) is 6.70. The number of fused-ring (bicyclic) bond motifs is 5. The zero-order valence-corrected chi connectivity index (χ0v) is 10.6. The van der Waals surface area contributed by atoms with Crippen molar-refractivity contribution in [3.8, 4) is 0 Å². The fraction of sp³-hybridized carbons (Fsp3) is 0.867. The van der Waals surface area contributed by atoms with Gasteiger partial charge in [-0.05, 0) is 54.3 Å². The quantitative estimate of drug-likeness (QED) is 0.555. The molecule has 0 aliphatic heterocycles. The summed E-state index contributed by atoms with van der Waals surface area (Å²) in [6.07, 6.45) is 8.49. The van der Waals surface area contributed by atoms with Gasteiger partial charge in [0, 0.05) is 0 Å². The average molecular weight is 204 g/mol. The normalized spacial score (nSPS) is 52.5. The SMILES string of the molecule is CC(C)C1=CC[C@]2(C)[C@H]3CC[C@H](C3)[C@]12C. The van der Waals surface area contributed by atoms with Gasteiger partial charge in [-0.15, -0.1) is 0 Å². The topological polar surface area (TPSA) is 0 Å². The van der Waals surface area contributed by atoms with E-state index in [1.54, 1.807) is 5.57 Å². The predicted octanol–water partition coefficient (Wildman–Crippen LogP) is 4.42. The van der Waals surface area contributed by atoms with Crippen LogP contribution in [-0.4, -0.2) is 0 Å². The highest BCUT2D eigenvalue weighted by Gasteiger charge is 2.65. The third-order valence-electron chi connectivity index (χ3n) is 6.30. The summed E-state index contributed by atoms with van der Waals surface area (Å²) >= 11 is 0. The number of hydrogen-bond acceptors (Lipinski definition) is 0. The van der Waals surface area contributed by atoms with Crippen molar-refractivity contribution < 1.29 is 0 Å². The van der Waals surface area contributed by atoms with Crippen molar-refractivity contribution in [1.82, 2.24) is 0 Å². The number of hydrogen-bond donors (Lipinski definition) is 0. The summed E-state index contributed by atoms with van der Waals surface area (Å²) in [5.74, 6) is 2.79. The predicted molar refractivity (Wildman–Crippen MR) is 64.6 cm³/mol. The van der Waals surface area contributed by atoms with Crippen LogP contribution in [0, 0.1) is 28.6 Å². The van der Waals surface area contributed by atoms with E-state index in [9.17, 15) is 0 Å². The molecule has 4 atom stereocenters. The molecule has 0 radical (unpaired) electrons. The van der Waals surface area contributed by atoms with E-state index in [1.807, 2.05) is 0 Å². The highest BCUT2D eigenvalue weighted by molar-refractivity contribution is 5.33. The second-order valence-electron chi connectivity index (χ2n) is 6.85. The van der Waals surface area contributed by atoms with Crippen molar-refractivity contribution >= 4 is 0 Å². The van der Waals surface area contributed by atoms with Gasteiger partial charge in [0.25, 0.3) is 0 Å². The van der Waals surface area contributed by atoms with Crippen LogP contribution in [0.5, 0.6) is 0 Å². The molecule has 0 heterocycles. The molecule has 2 saturated carbocycles. The lowest BCUT2D eigenvalue weighted by atomic mass is 9.56. The van der Waals surface area contributed by atoms with Crippen LogP contribution in [0.3, 0.4) is 0 Å². The summed E-state index contributed by atoms with van der Waals surface area (Å²) in [5.41, 5.74) is 2.97. The Morgan fingerprint density at radius 1 is 1.20 bits per heavy atom. The van der Waals surface area contributed by atoms with E-state index in [4.69, 9.17) is 0 Å². The second-order valence-corrected chi connectivity index (χ2v) is 6.85. The Morgan fingerprint density at radius 3 is 2.53 bits per heavy atom. The lowest BCUT2D eigenvalue weighted by molar-refractivity contribution is 0.0509. The van der Waals surface area contributed by atoms with Gasteiger partial charge in [-0.25, -0.2) is 0 Å². The summed E-state index contributed by atoms with van der Waals surface area (Å²) in [5, 5.41) is 0. The van der Waals surface area contributed by atoms with E-state index in [-0.39, 0.29) is 0 Å². The summed E-state index contributed by atoms with van der Waals surface area (Å²) in [6, 6.07) is 0. The molecule has 0 heteroatoms. The Bertz CT molecular complexity index is 325. The van der Waals surface area contributed by atoms with Gasteiger partial charge in [-0.1, -0.05) is 39.3 Å². The standard InChI is InChI=1S/C15H24/c1-10(2)13-7-8-14(3)11-5-6-12(9-11)15(13,14)4/h7,10-12H,5-6,8-9H2,1-4H3/t11-,12+,14+,15+/m0/s1. The van der Waals surface area contributed by atoms with Crippen molar-refractivity contribution in [2.75, 3.05) is 0 Å². The Kier molecular flexibility index (Phi) is 1.79. The minimum absolute atomic E-state index is 0.560. The highest BCUT2D eigenvalue weighted by atomic mass is 14.7. The van der Waals surface area contributed by atoms with Crippen molar-refractivity contribution in [3.05, 3.63) is 11.6 Å². The maximum atomic E-state index is 2.59. The molecule has 0 saturated heterocycles. The van der Waals surface area contributed by atoms with Crippen molar-refractivity contribution in [2.45, 2.75) is 53.4 Å². The zero-order valence-electron chi connectivity index (χ0n) is 10.6. The van der Waals surface area contributed by atoms with Gasteiger partial charge < -0.3 is 0 Å². The minimum Gasteiger partial charge on any atom is -0.0839 e. The summed E-state index contributed by atoms with van der Waals surface area (Å²) in [7, 11) is 0. The van der Waals surface area contributed by atoms with Gasteiger partial charge in [0.1, 0.15) is 0 Å². The van der Waals surface area contributed by atoms with Gasteiger partial charge in [-0.2, -0.15) is 0 Å². The van der Waals surface area contributed by atoms with Crippen LogP contribution >= 0.6 is 0 Å². The Balaban J connectivity index is 2.07. The number of allylic oxidation sites excluding steroid dienone is 2. The van der Waals surface area contributed by atoms with E-state index < -0.39 is 0 Å². The van der Waals surface area contributed by atoms with Crippen LogP contribution in [0.15, 0.2) is 11.6 Å². The Morgan fingerprint density at radius 2 is 1.87 bits per heavy atom. The molecular weight excluding hydrogens is 180 g/mol. The van der Waals surface area contributed by atoms with Gasteiger partial charge in [0.2, 0.25) is 0 Å². The smallest absolute Gasteiger partial charge is 0.00261 e. The Labute approximate surface area is 94.1 Å². The fourth-order valence-electron chi connectivity index (χ4n) is 5.29. The molecular formula is C15H24. The molecule has 0 spiro atoms. The zero-order chi connectivity index (χ0) is 10.8.